The third-order valence-electron chi connectivity index (χ3n) is 3.60. The molecule has 0 amide bonds. The van der Waals surface area contributed by atoms with Crippen LogP contribution in [0.2, 0.25) is 0 Å². The molecular formula is C18H22Cl2N4O2S. The third kappa shape index (κ3) is 7.28. The van der Waals surface area contributed by atoms with Gasteiger partial charge in [-0.05, 0) is 30.7 Å². The van der Waals surface area contributed by atoms with Gasteiger partial charge in [0.05, 0.1) is 12.0 Å². The summed E-state index contributed by atoms with van der Waals surface area (Å²) in [6, 6.07) is 7.76. The Balaban J connectivity index is 0.00000182. The highest BCUT2D eigenvalue weighted by Crippen LogP contribution is 2.12. The predicted octanol–water partition coefficient (Wildman–Crippen LogP) is 3.85. The molecule has 0 atom stereocenters. The monoisotopic (exact) mass is 428 g/mol. The second-order valence-electron chi connectivity index (χ2n) is 5.63. The van der Waals surface area contributed by atoms with Crippen molar-refractivity contribution in [2.45, 2.75) is 19.1 Å². The predicted molar refractivity (Wildman–Crippen MR) is 114 cm³/mol. The van der Waals surface area contributed by atoms with Crippen molar-refractivity contribution in [2.75, 3.05) is 17.6 Å². The molecule has 3 aromatic heterocycles. The Morgan fingerprint density at radius 2 is 2.04 bits per heavy atom. The molecule has 0 aliphatic carbocycles. The minimum Gasteiger partial charge on any atom is -0.468 e. The Bertz CT molecular complexity index is 855. The van der Waals surface area contributed by atoms with Gasteiger partial charge in [0.25, 0.3) is 5.56 Å². The lowest BCUT2D eigenvalue weighted by Crippen LogP contribution is -2.18. The van der Waals surface area contributed by atoms with Crippen LogP contribution in [0.4, 0.5) is 5.95 Å². The molecule has 0 aliphatic rings. The summed E-state index contributed by atoms with van der Waals surface area (Å²) in [5.74, 6) is 3.18. The van der Waals surface area contributed by atoms with Crippen molar-refractivity contribution in [1.82, 2.24) is 15.0 Å². The number of pyridine rings is 1. The molecule has 0 radical (unpaired) electrons. The largest absolute Gasteiger partial charge is 0.468 e. The van der Waals surface area contributed by atoms with E-state index in [1.807, 2.05) is 31.2 Å². The number of furan rings is 1. The summed E-state index contributed by atoms with van der Waals surface area (Å²) in [7, 11) is 0. The molecule has 3 rings (SSSR count). The van der Waals surface area contributed by atoms with Gasteiger partial charge in [0.2, 0.25) is 5.95 Å². The summed E-state index contributed by atoms with van der Waals surface area (Å²) in [5, 5.41) is 3.13. The first-order valence-corrected chi connectivity index (χ1v) is 9.20. The summed E-state index contributed by atoms with van der Waals surface area (Å²) in [5.41, 5.74) is 2.46. The molecule has 146 valence electrons. The van der Waals surface area contributed by atoms with E-state index in [-0.39, 0.29) is 30.4 Å². The van der Waals surface area contributed by atoms with Gasteiger partial charge in [-0.15, -0.1) is 24.8 Å². The number of hydrogen-bond donors (Lipinski definition) is 2. The number of hydrogen-bond acceptors (Lipinski definition) is 6. The van der Waals surface area contributed by atoms with Crippen molar-refractivity contribution in [1.29, 1.82) is 0 Å². The molecule has 3 aromatic rings. The first-order valence-electron chi connectivity index (χ1n) is 8.04. The van der Waals surface area contributed by atoms with Crippen molar-refractivity contribution < 1.29 is 4.42 Å². The van der Waals surface area contributed by atoms with E-state index in [1.54, 1.807) is 30.4 Å². The van der Waals surface area contributed by atoms with Gasteiger partial charge in [0.15, 0.2) is 0 Å². The highest BCUT2D eigenvalue weighted by atomic mass is 35.5. The minimum atomic E-state index is -0.124. The number of aryl methyl sites for hydroxylation is 1. The lowest BCUT2D eigenvalue weighted by atomic mass is 10.1. The zero-order valence-electron chi connectivity index (χ0n) is 14.8. The van der Waals surface area contributed by atoms with Gasteiger partial charge in [-0.1, -0.05) is 6.07 Å². The van der Waals surface area contributed by atoms with Crippen molar-refractivity contribution in [2.24, 2.45) is 0 Å². The van der Waals surface area contributed by atoms with Crippen LogP contribution in [-0.2, 0) is 12.2 Å². The molecule has 27 heavy (non-hydrogen) atoms. The second-order valence-corrected chi connectivity index (χ2v) is 6.73. The first kappa shape index (κ1) is 23.1. The minimum absolute atomic E-state index is 0. The van der Waals surface area contributed by atoms with E-state index in [0.717, 1.165) is 35.1 Å². The summed E-state index contributed by atoms with van der Waals surface area (Å²) in [6.07, 6.45) is 5.61. The van der Waals surface area contributed by atoms with Crippen molar-refractivity contribution in [3.05, 3.63) is 75.9 Å². The maximum absolute atomic E-state index is 12.2. The SMILES string of the molecule is Cc1ccc(Cc2cnc(NCCSCc3ccco3)[nH]c2=O)cn1.Cl.Cl. The van der Waals surface area contributed by atoms with Gasteiger partial charge in [0.1, 0.15) is 5.76 Å². The zero-order chi connectivity index (χ0) is 17.5. The van der Waals surface area contributed by atoms with Gasteiger partial charge < -0.3 is 9.73 Å². The number of thioether (sulfide) groups is 1. The average molecular weight is 429 g/mol. The number of nitrogens with one attached hydrogen (secondary N) is 2. The van der Waals surface area contributed by atoms with Gasteiger partial charge in [-0.2, -0.15) is 11.8 Å². The molecule has 0 bridgehead atoms. The van der Waals surface area contributed by atoms with Gasteiger partial charge >= 0.3 is 0 Å². The Hall–Kier alpha value is -1.96. The van der Waals surface area contributed by atoms with E-state index in [0.29, 0.717) is 17.9 Å². The van der Waals surface area contributed by atoms with Crippen LogP contribution in [0.15, 0.2) is 52.1 Å². The number of rotatable bonds is 8. The Morgan fingerprint density at radius 1 is 1.19 bits per heavy atom. The van der Waals surface area contributed by atoms with Gasteiger partial charge in [-0.3, -0.25) is 14.8 Å². The normalized spacial score (nSPS) is 9.96. The molecule has 0 aromatic carbocycles. The molecule has 3 heterocycles. The lowest BCUT2D eigenvalue weighted by molar-refractivity contribution is 0.530. The van der Waals surface area contributed by atoms with Gasteiger partial charge in [-0.25, -0.2) is 4.98 Å². The Labute approximate surface area is 174 Å². The number of halogens is 2. The number of aromatic nitrogens is 3. The quantitative estimate of drug-likeness (QED) is 0.530. The molecule has 0 saturated carbocycles. The van der Waals surface area contributed by atoms with E-state index in [1.165, 1.54) is 0 Å². The molecule has 0 unspecified atom stereocenters. The van der Waals surface area contributed by atoms with Crippen LogP contribution in [0.5, 0.6) is 0 Å². The standard InChI is InChI=1S/C18H20N4O2S.2ClH/c1-13-4-5-14(10-20-13)9-15-11-21-18(22-17(15)23)19-6-8-25-12-16-3-2-7-24-16;;/h2-5,7,10-11H,6,8-9,12H2,1H3,(H2,19,21,22,23);2*1H. The van der Waals surface area contributed by atoms with Crippen molar-refractivity contribution in [3.8, 4) is 0 Å². The highest BCUT2D eigenvalue weighted by Gasteiger charge is 2.04. The fraction of sp³-hybridized carbons (Fsp3) is 0.278. The molecule has 0 fully saturated rings. The van der Waals surface area contributed by atoms with E-state index in [2.05, 4.69) is 20.3 Å². The van der Waals surface area contributed by atoms with Crippen LogP contribution in [-0.4, -0.2) is 27.2 Å². The molecule has 0 saturated heterocycles. The number of H-pyrrole nitrogens is 1. The average Bonchev–Trinajstić information content (AvgIpc) is 3.12. The number of anilines is 1. The summed E-state index contributed by atoms with van der Waals surface area (Å²) in [4.78, 5) is 23.5. The van der Waals surface area contributed by atoms with E-state index in [4.69, 9.17) is 4.42 Å². The van der Waals surface area contributed by atoms with E-state index < -0.39 is 0 Å². The molecular weight excluding hydrogens is 407 g/mol. The van der Waals surface area contributed by atoms with Crippen molar-refractivity contribution in [3.63, 3.8) is 0 Å². The van der Waals surface area contributed by atoms with Crippen LogP contribution in [0.25, 0.3) is 0 Å². The third-order valence-corrected chi connectivity index (χ3v) is 4.58. The van der Waals surface area contributed by atoms with Crippen LogP contribution < -0.4 is 10.9 Å². The molecule has 2 N–H and O–H groups in total. The molecule has 0 spiro atoms. The van der Waals surface area contributed by atoms with Crippen molar-refractivity contribution >= 4 is 42.5 Å². The smallest absolute Gasteiger partial charge is 0.255 e. The topological polar surface area (TPSA) is 83.8 Å². The Kier molecular flexibility index (Phi) is 9.99. The fourth-order valence-electron chi connectivity index (χ4n) is 2.27. The van der Waals surface area contributed by atoms with Crippen LogP contribution in [0.3, 0.4) is 0 Å². The molecule has 0 aliphatic heterocycles. The number of aromatic amines is 1. The van der Waals surface area contributed by atoms with Crippen LogP contribution in [0.1, 0.15) is 22.6 Å². The van der Waals surface area contributed by atoms with E-state index >= 15 is 0 Å². The maximum Gasteiger partial charge on any atom is 0.255 e. The zero-order valence-corrected chi connectivity index (χ0v) is 17.3. The van der Waals surface area contributed by atoms with Gasteiger partial charge in [0, 0.05) is 42.4 Å². The van der Waals surface area contributed by atoms with E-state index in [9.17, 15) is 4.79 Å². The Morgan fingerprint density at radius 3 is 2.70 bits per heavy atom. The second kappa shape index (κ2) is 11.7. The highest BCUT2D eigenvalue weighted by molar-refractivity contribution is 7.98. The fourth-order valence-corrected chi connectivity index (χ4v) is 3.03. The van der Waals surface area contributed by atoms with Crippen LogP contribution >= 0.6 is 36.6 Å². The summed E-state index contributed by atoms with van der Waals surface area (Å²) in [6.45, 7) is 2.65. The molecule has 6 nitrogen and oxygen atoms in total. The van der Waals surface area contributed by atoms with Crippen LogP contribution in [0, 0.1) is 6.92 Å². The lowest BCUT2D eigenvalue weighted by Gasteiger charge is -2.06. The summed E-state index contributed by atoms with van der Waals surface area (Å²) >= 11 is 1.76. The maximum atomic E-state index is 12.2. The summed E-state index contributed by atoms with van der Waals surface area (Å²) < 4.78 is 5.28. The molecule has 9 heteroatoms. The first-order chi connectivity index (χ1) is 12.2. The number of nitrogens with zero attached hydrogens (tertiary/aromatic N) is 2.